The molecule has 1 heterocycles. The Morgan fingerprint density at radius 2 is 1.95 bits per heavy atom. The number of anilines is 1. The third-order valence-corrected chi connectivity index (χ3v) is 4.98. The second-order valence-corrected chi connectivity index (χ2v) is 7.17. The van der Waals surface area contributed by atoms with Crippen LogP contribution in [0.3, 0.4) is 0 Å². The Hall–Kier alpha value is -1.40. The molecule has 6 heteroatoms. The summed E-state index contributed by atoms with van der Waals surface area (Å²) in [5, 5.41) is 0. The van der Waals surface area contributed by atoms with Crippen molar-refractivity contribution in [2.45, 2.75) is 12.8 Å². The maximum Gasteiger partial charge on any atom is 0.233 e. The van der Waals surface area contributed by atoms with E-state index in [1.807, 2.05) is 37.3 Å². The number of benzene rings is 1. The van der Waals surface area contributed by atoms with Crippen LogP contribution in [0.15, 0.2) is 53.3 Å². The summed E-state index contributed by atoms with van der Waals surface area (Å²) in [6.07, 6.45) is 3.10. The molecule has 0 saturated carbocycles. The lowest BCUT2D eigenvalue weighted by Crippen LogP contribution is -2.20. The van der Waals surface area contributed by atoms with E-state index >= 15 is 0 Å². The number of halogens is 1. The first-order valence-electron chi connectivity index (χ1n) is 6.13. The van der Waals surface area contributed by atoms with Crippen molar-refractivity contribution >= 4 is 31.6 Å². The van der Waals surface area contributed by atoms with Crippen LogP contribution in [0.5, 0.6) is 0 Å². The van der Waals surface area contributed by atoms with Crippen LogP contribution in [-0.4, -0.2) is 19.2 Å². The Kier molecular flexibility index (Phi) is 4.77. The van der Waals surface area contributed by atoms with E-state index in [4.69, 9.17) is 0 Å². The van der Waals surface area contributed by atoms with Crippen molar-refractivity contribution in [3.8, 4) is 0 Å². The zero-order valence-electron chi connectivity index (χ0n) is 11.0. The van der Waals surface area contributed by atoms with Gasteiger partial charge in [-0.3, -0.25) is 9.71 Å². The summed E-state index contributed by atoms with van der Waals surface area (Å²) in [6, 6.07) is 11.2. The fraction of sp³-hybridized carbons (Fsp3) is 0.214. The minimum Gasteiger partial charge on any atom is -0.282 e. The number of rotatable bonds is 5. The number of hydrogen-bond acceptors (Lipinski definition) is 3. The molecule has 106 valence electrons. The normalized spacial score (nSPS) is 12.9. The lowest BCUT2D eigenvalue weighted by Gasteiger charge is -2.14. The summed E-state index contributed by atoms with van der Waals surface area (Å²) in [5.41, 5.74) is 1.51. The van der Waals surface area contributed by atoms with Gasteiger partial charge in [-0.15, -0.1) is 0 Å². The first kappa shape index (κ1) is 15.0. The molecule has 1 aromatic carbocycles. The average molecular weight is 355 g/mol. The molecule has 0 amide bonds. The molecule has 0 aliphatic rings. The second kappa shape index (κ2) is 6.37. The summed E-state index contributed by atoms with van der Waals surface area (Å²) >= 11 is 3.27. The van der Waals surface area contributed by atoms with Crippen molar-refractivity contribution in [3.63, 3.8) is 0 Å². The van der Waals surface area contributed by atoms with E-state index in [1.54, 1.807) is 18.5 Å². The number of nitrogens with zero attached hydrogens (tertiary/aromatic N) is 1. The van der Waals surface area contributed by atoms with Gasteiger partial charge in [0.05, 0.1) is 15.9 Å². The summed E-state index contributed by atoms with van der Waals surface area (Å²) in [5.74, 6) is -0.0412. The lowest BCUT2D eigenvalue weighted by atomic mass is 10.0. The molecule has 0 aliphatic carbocycles. The molecule has 1 unspecified atom stereocenters. The predicted octanol–water partition coefficient (Wildman–Crippen LogP) is 3.39. The van der Waals surface area contributed by atoms with Crippen molar-refractivity contribution in [1.82, 2.24) is 4.98 Å². The highest BCUT2D eigenvalue weighted by Crippen LogP contribution is 2.23. The SMILES string of the molecule is CC(CS(=O)(=O)Nc1ccncc1Br)c1ccccc1. The van der Waals surface area contributed by atoms with Gasteiger partial charge in [-0.2, -0.15) is 0 Å². The lowest BCUT2D eigenvalue weighted by molar-refractivity contribution is 0.595. The molecule has 1 atom stereocenters. The molecular formula is C14H15BrN2O2S. The summed E-state index contributed by atoms with van der Waals surface area (Å²) in [7, 11) is -3.41. The predicted molar refractivity (Wildman–Crippen MR) is 84.2 cm³/mol. The van der Waals surface area contributed by atoms with Crippen molar-refractivity contribution in [2.75, 3.05) is 10.5 Å². The number of pyridine rings is 1. The van der Waals surface area contributed by atoms with Gasteiger partial charge in [-0.1, -0.05) is 37.3 Å². The number of aromatic nitrogens is 1. The standard InChI is InChI=1S/C14H15BrN2O2S/c1-11(12-5-3-2-4-6-12)10-20(18,19)17-14-7-8-16-9-13(14)15/h2-9,11H,10H2,1H3,(H,16,17). The van der Waals surface area contributed by atoms with E-state index in [2.05, 4.69) is 25.6 Å². The monoisotopic (exact) mass is 354 g/mol. The van der Waals surface area contributed by atoms with Crippen molar-refractivity contribution < 1.29 is 8.42 Å². The molecule has 1 N–H and O–H groups in total. The maximum atomic E-state index is 12.2. The van der Waals surface area contributed by atoms with Gasteiger partial charge in [0, 0.05) is 12.4 Å². The van der Waals surface area contributed by atoms with Gasteiger partial charge in [0.1, 0.15) is 0 Å². The van der Waals surface area contributed by atoms with Gasteiger partial charge in [0.15, 0.2) is 0 Å². The number of hydrogen-bond donors (Lipinski definition) is 1. The highest BCUT2D eigenvalue weighted by Gasteiger charge is 2.18. The molecule has 0 radical (unpaired) electrons. The molecule has 0 aliphatic heterocycles. The van der Waals surface area contributed by atoms with Crippen LogP contribution in [0.1, 0.15) is 18.4 Å². The molecular weight excluding hydrogens is 340 g/mol. The Balaban J connectivity index is 2.10. The fourth-order valence-electron chi connectivity index (χ4n) is 1.87. The number of sulfonamides is 1. The van der Waals surface area contributed by atoms with Crippen molar-refractivity contribution in [2.24, 2.45) is 0 Å². The zero-order chi connectivity index (χ0) is 14.6. The highest BCUT2D eigenvalue weighted by molar-refractivity contribution is 9.10. The molecule has 4 nitrogen and oxygen atoms in total. The van der Waals surface area contributed by atoms with E-state index < -0.39 is 10.0 Å². The van der Waals surface area contributed by atoms with Crippen LogP contribution < -0.4 is 4.72 Å². The van der Waals surface area contributed by atoms with Gasteiger partial charge < -0.3 is 0 Å². The summed E-state index contributed by atoms with van der Waals surface area (Å²) in [4.78, 5) is 3.90. The van der Waals surface area contributed by atoms with Crippen molar-refractivity contribution in [3.05, 3.63) is 58.8 Å². The minimum absolute atomic E-state index is 0.0335. The van der Waals surface area contributed by atoms with Crippen LogP contribution in [0, 0.1) is 0 Å². The Bertz CT molecular complexity index is 675. The van der Waals surface area contributed by atoms with Gasteiger partial charge in [-0.25, -0.2) is 8.42 Å². The van der Waals surface area contributed by atoms with Crippen LogP contribution in [0.4, 0.5) is 5.69 Å². The molecule has 2 rings (SSSR count). The summed E-state index contributed by atoms with van der Waals surface area (Å²) < 4.78 is 27.6. The zero-order valence-corrected chi connectivity index (χ0v) is 13.4. The van der Waals surface area contributed by atoms with Crippen LogP contribution in [0.25, 0.3) is 0 Å². The van der Waals surface area contributed by atoms with E-state index in [0.29, 0.717) is 10.2 Å². The van der Waals surface area contributed by atoms with E-state index in [1.165, 1.54) is 0 Å². The molecule has 2 aromatic rings. The van der Waals surface area contributed by atoms with Gasteiger partial charge in [-0.05, 0) is 33.5 Å². The van der Waals surface area contributed by atoms with E-state index in [9.17, 15) is 8.42 Å². The van der Waals surface area contributed by atoms with Crippen LogP contribution >= 0.6 is 15.9 Å². The Morgan fingerprint density at radius 3 is 2.60 bits per heavy atom. The van der Waals surface area contributed by atoms with Gasteiger partial charge in [0.2, 0.25) is 10.0 Å². The molecule has 0 bridgehead atoms. The van der Waals surface area contributed by atoms with Gasteiger partial charge in [0.25, 0.3) is 0 Å². The van der Waals surface area contributed by atoms with E-state index in [-0.39, 0.29) is 11.7 Å². The molecule has 20 heavy (non-hydrogen) atoms. The number of nitrogens with one attached hydrogen (secondary N) is 1. The first-order chi connectivity index (χ1) is 9.48. The maximum absolute atomic E-state index is 12.2. The third-order valence-electron chi connectivity index (χ3n) is 2.88. The quantitative estimate of drug-likeness (QED) is 0.894. The van der Waals surface area contributed by atoms with Gasteiger partial charge >= 0.3 is 0 Å². The Labute approximate surface area is 127 Å². The Morgan fingerprint density at radius 1 is 1.25 bits per heavy atom. The molecule has 0 saturated heterocycles. The van der Waals surface area contributed by atoms with E-state index in [0.717, 1.165) is 5.56 Å². The molecule has 0 fully saturated rings. The minimum atomic E-state index is -3.41. The molecule has 1 aromatic heterocycles. The largest absolute Gasteiger partial charge is 0.282 e. The second-order valence-electron chi connectivity index (χ2n) is 4.55. The highest BCUT2D eigenvalue weighted by atomic mass is 79.9. The fourth-order valence-corrected chi connectivity index (χ4v) is 3.80. The third kappa shape index (κ3) is 4.05. The molecule has 0 spiro atoms. The summed E-state index contributed by atoms with van der Waals surface area (Å²) in [6.45, 7) is 1.90. The van der Waals surface area contributed by atoms with Crippen LogP contribution in [0.2, 0.25) is 0 Å². The van der Waals surface area contributed by atoms with Crippen molar-refractivity contribution in [1.29, 1.82) is 0 Å². The topological polar surface area (TPSA) is 59.1 Å². The smallest absolute Gasteiger partial charge is 0.233 e. The first-order valence-corrected chi connectivity index (χ1v) is 8.57. The van der Waals surface area contributed by atoms with Crippen LogP contribution in [-0.2, 0) is 10.0 Å². The average Bonchev–Trinajstić information content (AvgIpc) is 2.41.